The van der Waals surface area contributed by atoms with Crippen molar-refractivity contribution in [1.82, 2.24) is 0 Å². The quantitative estimate of drug-likeness (QED) is 0.384. The number of amides is 2. The van der Waals surface area contributed by atoms with E-state index in [0.29, 0.717) is 27.7 Å². The Hall–Kier alpha value is -3.83. The number of furan rings is 1. The monoisotopic (exact) mass is 430 g/mol. The standard InChI is InChI=1S/C25H19ClN2O3/c1-16-4-2-6-18(14-16)24(29)27-20-8-10-21(11-9-20)28-25(30)23-13-12-22(31-23)17-5-3-7-19(26)15-17/h2-15H,1H3,(H,27,29)(H,28,30). The van der Waals surface area contributed by atoms with Crippen LogP contribution >= 0.6 is 11.6 Å². The highest BCUT2D eigenvalue weighted by Crippen LogP contribution is 2.25. The zero-order valence-electron chi connectivity index (χ0n) is 16.7. The Bertz CT molecular complexity index is 1250. The van der Waals surface area contributed by atoms with Crippen LogP contribution in [0, 0.1) is 6.92 Å². The van der Waals surface area contributed by atoms with E-state index in [4.69, 9.17) is 16.0 Å². The van der Waals surface area contributed by atoms with Gasteiger partial charge in [-0.1, -0.05) is 41.4 Å². The van der Waals surface area contributed by atoms with E-state index >= 15 is 0 Å². The van der Waals surface area contributed by atoms with Gasteiger partial charge in [-0.2, -0.15) is 0 Å². The van der Waals surface area contributed by atoms with Crippen molar-refractivity contribution in [3.63, 3.8) is 0 Å². The maximum atomic E-state index is 12.5. The fraction of sp³-hybridized carbons (Fsp3) is 0.0400. The molecule has 3 aromatic carbocycles. The van der Waals surface area contributed by atoms with E-state index in [-0.39, 0.29) is 17.6 Å². The Morgan fingerprint density at radius 3 is 2.13 bits per heavy atom. The highest BCUT2D eigenvalue weighted by atomic mass is 35.5. The Morgan fingerprint density at radius 2 is 1.45 bits per heavy atom. The van der Waals surface area contributed by atoms with E-state index in [0.717, 1.165) is 11.1 Å². The number of carbonyl (C=O) groups excluding carboxylic acids is 2. The molecule has 1 heterocycles. The first-order valence-corrected chi connectivity index (χ1v) is 10.0. The SMILES string of the molecule is Cc1cccc(C(=O)Nc2ccc(NC(=O)c3ccc(-c4cccc(Cl)c4)o3)cc2)c1. The number of rotatable bonds is 5. The number of benzene rings is 3. The molecule has 0 spiro atoms. The van der Waals surface area contributed by atoms with Crippen LogP contribution in [0.4, 0.5) is 11.4 Å². The molecule has 1 aromatic heterocycles. The van der Waals surface area contributed by atoms with Crippen LogP contribution in [-0.4, -0.2) is 11.8 Å². The summed E-state index contributed by atoms with van der Waals surface area (Å²) in [5, 5.41) is 6.22. The van der Waals surface area contributed by atoms with Gasteiger partial charge >= 0.3 is 0 Å². The summed E-state index contributed by atoms with van der Waals surface area (Å²) >= 11 is 6.01. The molecular weight excluding hydrogens is 412 g/mol. The predicted octanol–water partition coefficient (Wildman–Crippen LogP) is 6.41. The fourth-order valence-electron chi connectivity index (χ4n) is 3.08. The average Bonchev–Trinajstić information content (AvgIpc) is 3.26. The molecule has 0 saturated heterocycles. The smallest absolute Gasteiger partial charge is 0.291 e. The van der Waals surface area contributed by atoms with Gasteiger partial charge < -0.3 is 15.1 Å². The minimum absolute atomic E-state index is 0.187. The van der Waals surface area contributed by atoms with E-state index in [2.05, 4.69) is 10.6 Å². The highest BCUT2D eigenvalue weighted by molar-refractivity contribution is 6.30. The molecule has 31 heavy (non-hydrogen) atoms. The van der Waals surface area contributed by atoms with E-state index in [1.54, 1.807) is 54.6 Å². The maximum absolute atomic E-state index is 12.5. The summed E-state index contributed by atoms with van der Waals surface area (Å²) in [6.07, 6.45) is 0. The second kappa shape index (κ2) is 8.90. The first-order valence-electron chi connectivity index (χ1n) is 9.63. The molecule has 154 valence electrons. The Labute approximate surface area is 184 Å². The topological polar surface area (TPSA) is 71.3 Å². The molecule has 4 rings (SSSR count). The van der Waals surface area contributed by atoms with Crippen LogP contribution in [0.15, 0.2) is 89.3 Å². The van der Waals surface area contributed by atoms with Crippen molar-refractivity contribution >= 4 is 34.8 Å². The summed E-state index contributed by atoms with van der Waals surface area (Å²) in [7, 11) is 0. The van der Waals surface area contributed by atoms with Crippen LogP contribution < -0.4 is 10.6 Å². The number of hydrogen-bond donors (Lipinski definition) is 2. The molecule has 2 amide bonds. The second-order valence-electron chi connectivity index (χ2n) is 7.03. The molecule has 0 aliphatic rings. The van der Waals surface area contributed by atoms with Crippen molar-refractivity contribution in [3.05, 3.63) is 107 Å². The lowest BCUT2D eigenvalue weighted by molar-refractivity contribution is 0.0995. The van der Waals surface area contributed by atoms with Gasteiger partial charge in [0.05, 0.1) is 0 Å². The second-order valence-corrected chi connectivity index (χ2v) is 7.47. The number of aryl methyl sites for hydroxylation is 1. The van der Waals surface area contributed by atoms with Crippen molar-refractivity contribution < 1.29 is 14.0 Å². The lowest BCUT2D eigenvalue weighted by atomic mass is 10.1. The van der Waals surface area contributed by atoms with Crippen molar-refractivity contribution in [1.29, 1.82) is 0 Å². The largest absolute Gasteiger partial charge is 0.451 e. The molecular formula is C25H19ClN2O3. The molecule has 0 radical (unpaired) electrons. The van der Waals surface area contributed by atoms with E-state index in [9.17, 15) is 9.59 Å². The van der Waals surface area contributed by atoms with E-state index < -0.39 is 0 Å². The molecule has 0 aliphatic carbocycles. The lowest BCUT2D eigenvalue weighted by Gasteiger charge is -2.08. The van der Waals surface area contributed by atoms with Gasteiger partial charge in [0, 0.05) is 27.5 Å². The van der Waals surface area contributed by atoms with Gasteiger partial charge in [-0.25, -0.2) is 0 Å². The zero-order chi connectivity index (χ0) is 21.8. The number of hydrogen-bond acceptors (Lipinski definition) is 3. The Balaban J connectivity index is 1.40. The summed E-state index contributed by atoms with van der Waals surface area (Å²) in [6, 6.07) is 24.8. The van der Waals surface area contributed by atoms with Crippen molar-refractivity contribution in [3.8, 4) is 11.3 Å². The molecule has 4 aromatic rings. The first kappa shape index (κ1) is 20.4. The van der Waals surface area contributed by atoms with E-state index in [1.165, 1.54) is 0 Å². The summed E-state index contributed by atoms with van der Waals surface area (Å²) < 4.78 is 5.67. The third-order valence-electron chi connectivity index (χ3n) is 4.62. The number of anilines is 2. The number of carbonyl (C=O) groups is 2. The third-order valence-corrected chi connectivity index (χ3v) is 4.85. The van der Waals surface area contributed by atoms with Crippen LogP contribution in [0.2, 0.25) is 5.02 Å². The van der Waals surface area contributed by atoms with Gasteiger partial charge in [-0.05, 0) is 67.6 Å². The normalized spacial score (nSPS) is 10.5. The fourth-order valence-corrected chi connectivity index (χ4v) is 3.27. The van der Waals surface area contributed by atoms with Gasteiger partial charge in [0.2, 0.25) is 0 Å². The molecule has 0 atom stereocenters. The molecule has 6 heteroatoms. The molecule has 2 N–H and O–H groups in total. The van der Waals surface area contributed by atoms with Crippen molar-refractivity contribution in [2.24, 2.45) is 0 Å². The predicted molar refractivity (Wildman–Crippen MR) is 123 cm³/mol. The van der Waals surface area contributed by atoms with Gasteiger partial charge in [-0.15, -0.1) is 0 Å². The Kier molecular flexibility index (Phi) is 5.87. The maximum Gasteiger partial charge on any atom is 0.291 e. The van der Waals surface area contributed by atoms with Crippen molar-refractivity contribution in [2.75, 3.05) is 10.6 Å². The Morgan fingerprint density at radius 1 is 0.774 bits per heavy atom. The minimum Gasteiger partial charge on any atom is -0.451 e. The molecule has 0 unspecified atom stereocenters. The van der Waals surface area contributed by atoms with Crippen LogP contribution in [0.1, 0.15) is 26.5 Å². The lowest BCUT2D eigenvalue weighted by Crippen LogP contribution is -2.13. The first-order chi connectivity index (χ1) is 15.0. The summed E-state index contributed by atoms with van der Waals surface area (Å²) in [6.45, 7) is 1.94. The minimum atomic E-state index is -0.371. The van der Waals surface area contributed by atoms with Gasteiger partial charge in [0.15, 0.2) is 5.76 Å². The third kappa shape index (κ3) is 5.02. The zero-order valence-corrected chi connectivity index (χ0v) is 17.4. The van der Waals surface area contributed by atoms with Gasteiger partial charge in [0.25, 0.3) is 11.8 Å². The molecule has 0 aliphatic heterocycles. The van der Waals surface area contributed by atoms with Gasteiger partial charge in [0.1, 0.15) is 5.76 Å². The van der Waals surface area contributed by atoms with Crippen LogP contribution in [-0.2, 0) is 0 Å². The highest BCUT2D eigenvalue weighted by Gasteiger charge is 2.13. The van der Waals surface area contributed by atoms with Crippen LogP contribution in [0.5, 0.6) is 0 Å². The van der Waals surface area contributed by atoms with E-state index in [1.807, 2.05) is 37.3 Å². The van der Waals surface area contributed by atoms with Crippen molar-refractivity contribution in [2.45, 2.75) is 6.92 Å². The summed E-state index contributed by atoms with van der Waals surface area (Å²) in [5.74, 6) is 0.183. The molecule has 0 saturated carbocycles. The number of nitrogens with one attached hydrogen (secondary N) is 2. The van der Waals surface area contributed by atoms with Crippen LogP contribution in [0.25, 0.3) is 11.3 Å². The molecule has 0 bridgehead atoms. The molecule has 0 fully saturated rings. The van der Waals surface area contributed by atoms with Gasteiger partial charge in [-0.3, -0.25) is 9.59 Å². The number of halogens is 1. The summed E-state index contributed by atoms with van der Waals surface area (Å²) in [5.41, 5.74) is 3.61. The van der Waals surface area contributed by atoms with Crippen LogP contribution in [0.3, 0.4) is 0 Å². The summed E-state index contributed by atoms with van der Waals surface area (Å²) in [4.78, 5) is 24.9. The molecule has 5 nitrogen and oxygen atoms in total. The average molecular weight is 431 g/mol.